The number of pyridine rings is 1. The number of nitrogens with one attached hydrogen (secondary N) is 1. The summed E-state index contributed by atoms with van der Waals surface area (Å²) in [6.45, 7) is 3.20. The molecule has 110 valence electrons. The van der Waals surface area contributed by atoms with Gasteiger partial charge in [0, 0.05) is 18.4 Å². The third kappa shape index (κ3) is 2.06. The lowest BCUT2D eigenvalue weighted by atomic mass is 10.1. The van der Waals surface area contributed by atoms with Gasteiger partial charge in [-0.05, 0) is 24.6 Å². The zero-order valence-corrected chi connectivity index (χ0v) is 12.3. The molecule has 4 rings (SSSR count). The molecule has 0 saturated heterocycles. The normalized spacial score (nSPS) is 14.1. The van der Waals surface area contributed by atoms with Crippen molar-refractivity contribution in [3.05, 3.63) is 59.3 Å². The van der Waals surface area contributed by atoms with Gasteiger partial charge >= 0.3 is 0 Å². The third-order valence-electron chi connectivity index (χ3n) is 4.18. The molecule has 1 aliphatic heterocycles. The lowest BCUT2D eigenvalue weighted by Crippen LogP contribution is -2.36. The Hall–Kier alpha value is -2.69. The lowest BCUT2D eigenvalue weighted by molar-refractivity contribution is 0.0725. The number of aryl methyl sites for hydroxylation is 1. The highest BCUT2D eigenvalue weighted by atomic mass is 16.2. The van der Waals surface area contributed by atoms with E-state index in [9.17, 15) is 4.79 Å². The molecular formula is C17H16N4O. The first-order chi connectivity index (χ1) is 10.7. The average molecular weight is 292 g/mol. The molecule has 0 saturated carbocycles. The zero-order valence-electron chi connectivity index (χ0n) is 12.3. The number of imidazole rings is 1. The maximum absolute atomic E-state index is 12.8. The SMILES string of the molecule is Cc1cc2ccccc2nc1C(=O)N1CCc2nc[nH]c2C1. The third-order valence-corrected chi connectivity index (χ3v) is 4.18. The Labute approximate surface area is 128 Å². The molecule has 3 aromatic rings. The number of benzene rings is 1. The molecule has 1 aliphatic rings. The van der Waals surface area contributed by atoms with E-state index in [2.05, 4.69) is 15.0 Å². The summed E-state index contributed by atoms with van der Waals surface area (Å²) in [5.41, 5.74) is 4.40. The first kappa shape index (κ1) is 13.0. The van der Waals surface area contributed by atoms with Crippen molar-refractivity contribution in [3.8, 4) is 0 Å². The first-order valence-corrected chi connectivity index (χ1v) is 7.39. The van der Waals surface area contributed by atoms with E-state index in [1.54, 1.807) is 6.33 Å². The van der Waals surface area contributed by atoms with Gasteiger partial charge in [0.15, 0.2) is 0 Å². The van der Waals surface area contributed by atoms with Crippen LogP contribution in [0.4, 0.5) is 0 Å². The number of hydrogen-bond acceptors (Lipinski definition) is 3. The molecular weight excluding hydrogens is 276 g/mol. The molecule has 0 fully saturated rings. The highest BCUT2D eigenvalue weighted by molar-refractivity contribution is 5.96. The predicted molar refractivity (Wildman–Crippen MR) is 83.5 cm³/mol. The van der Waals surface area contributed by atoms with Crippen molar-refractivity contribution >= 4 is 16.8 Å². The van der Waals surface area contributed by atoms with Gasteiger partial charge in [-0.25, -0.2) is 9.97 Å². The number of hydrogen-bond donors (Lipinski definition) is 1. The molecule has 5 heteroatoms. The molecule has 1 aromatic carbocycles. The summed E-state index contributed by atoms with van der Waals surface area (Å²) < 4.78 is 0. The number of rotatable bonds is 1. The number of aromatic amines is 1. The molecule has 0 radical (unpaired) electrons. The smallest absolute Gasteiger partial charge is 0.273 e. The Kier molecular flexibility index (Phi) is 2.92. The number of nitrogens with zero attached hydrogens (tertiary/aromatic N) is 3. The van der Waals surface area contributed by atoms with Crippen molar-refractivity contribution in [2.75, 3.05) is 6.54 Å². The van der Waals surface area contributed by atoms with Gasteiger partial charge in [0.05, 0.1) is 29.8 Å². The molecule has 0 spiro atoms. The van der Waals surface area contributed by atoms with Crippen LogP contribution in [0, 0.1) is 6.92 Å². The minimum Gasteiger partial charge on any atom is -0.347 e. The van der Waals surface area contributed by atoms with E-state index in [4.69, 9.17) is 0 Å². The van der Waals surface area contributed by atoms with E-state index in [1.165, 1.54) is 0 Å². The fourth-order valence-electron chi connectivity index (χ4n) is 2.97. The second-order valence-electron chi connectivity index (χ2n) is 5.65. The largest absolute Gasteiger partial charge is 0.347 e. The van der Waals surface area contributed by atoms with Crippen LogP contribution in [0.2, 0.25) is 0 Å². The number of fused-ring (bicyclic) bond motifs is 2. The fraction of sp³-hybridized carbons (Fsp3) is 0.235. The van der Waals surface area contributed by atoms with E-state index in [-0.39, 0.29) is 5.91 Å². The molecule has 0 atom stereocenters. The van der Waals surface area contributed by atoms with Crippen molar-refractivity contribution in [1.82, 2.24) is 19.9 Å². The van der Waals surface area contributed by atoms with E-state index in [0.717, 1.165) is 34.3 Å². The van der Waals surface area contributed by atoms with Gasteiger partial charge < -0.3 is 9.88 Å². The summed E-state index contributed by atoms with van der Waals surface area (Å²) in [6.07, 6.45) is 2.48. The van der Waals surface area contributed by atoms with Crippen molar-refractivity contribution in [3.63, 3.8) is 0 Å². The Morgan fingerprint density at radius 3 is 3.09 bits per heavy atom. The van der Waals surface area contributed by atoms with Crippen molar-refractivity contribution in [2.24, 2.45) is 0 Å². The van der Waals surface area contributed by atoms with E-state index >= 15 is 0 Å². The number of para-hydroxylation sites is 1. The van der Waals surface area contributed by atoms with Gasteiger partial charge in [0.1, 0.15) is 5.69 Å². The van der Waals surface area contributed by atoms with Crippen LogP contribution < -0.4 is 0 Å². The van der Waals surface area contributed by atoms with Crippen LogP contribution in [-0.2, 0) is 13.0 Å². The van der Waals surface area contributed by atoms with Gasteiger partial charge in [-0.15, -0.1) is 0 Å². The summed E-state index contributed by atoms with van der Waals surface area (Å²) >= 11 is 0. The van der Waals surface area contributed by atoms with Crippen LogP contribution >= 0.6 is 0 Å². The summed E-state index contributed by atoms with van der Waals surface area (Å²) in [7, 11) is 0. The minimum atomic E-state index is -0.0106. The highest BCUT2D eigenvalue weighted by Crippen LogP contribution is 2.21. The summed E-state index contributed by atoms with van der Waals surface area (Å²) in [4.78, 5) is 26.6. The van der Waals surface area contributed by atoms with Crippen molar-refractivity contribution in [2.45, 2.75) is 19.9 Å². The quantitative estimate of drug-likeness (QED) is 0.749. The second kappa shape index (κ2) is 4.94. The summed E-state index contributed by atoms with van der Waals surface area (Å²) in [5.74, 6) is -0.0106. The molecule has 2 aromatic heterocycles. The fourth-order valence-corrected chi connectivity index (χ4v) is 2.97. The number of carbonyl (C=O) groups is 1. The Morgan fingerprint density at radius 1 is 1.32 bits per heavy atom. The summed E-state index contributed by atoms with van der Waals surface area (Å²) in [6, 6.07) is 9.91. The van der Waals surface area contributed by atoms with Gasteiger partial charge in [-0.1, -0.05) is 18.2 Å². The van der Waals surface area contributed by atoms with E-state index in [0.29, 0.717) is 18.8 Å². The standard InChI is InChI=1S/C17H16N4O/c1-11-8-12-4-2-3-5-13(12)20-16(11)17(22)21-7-6-14-15(9-21)19-10-18-14/h2-5,8,10H,6-7,9H2,1H3,(H,18,19). The Morgan fingerprint density at radius 2 is 2.18 bits per heavy atom. The molecule has 0 aliphatic carbocycles. The maximum Gasteiger partial charge on any atom is 0.273 e. The van der Waals surface area contributed by atoms with Gasteiger partial charge in [-0.3, -0.25) is 4.79 Å². The molecule has 3 heterocycles. The monoisotopic (exact) mass is 292 g/mol. The van der Waals surface area contributed by atoms with E-state index in [1.807, 2.05) is 42.2 Å². The molecule has 1 N–H and O–H groups in total. The Bertz CT molecular complexity index is 868. The van der Waals surface area contributed by atoms with Crippen LogP contribution in [0.3, 0.4) is 0 Å². The van der Waals surface area contributed by atoms with Crippen LogP contribution in [0.25, 0.3) is 10.9 Å². The minimum absolute atomic E-state index is 0.0106. The molecule has 0 unspecified atom stereocenters. The zero-order chi connectivity index (χ0) is 15.1. The molecule has 22 heavy (non-hydrogen) atoms. The van der Waals surface area contributed by atoms with Crippen LogP contribution in [0.1, 0.15) is 27.4 Å². The molecule has 0 bridgehead atoms. The first-order valence-electron chi connectivity index (χ1n) is 7.39. The second-order valence-corrected chi connectivity index (χ2v) is 5.65. The van der Waals surface area contributed by atoms with Gasteiger partial charge in [-0.2, -0.15) is 0 Å². The van der Waals surface area contributed by atoms with Crippen molar-refractivity contribution < 1.29 is 4.79 Å². The number of carbonyl (C=O) groups excluding carboxylic acids is 1. The van der Waals surface area contributed by atoms with Crippen molar-refractivity contribution in [1.29, 1.82) is 0 Å². The maximum atomic E-state index is 12.8. The molecule has 1 amide bonds. The predicted octanol–water partition coefficient (Wildman–Crippen LogP) is 2.46. The van der Waals surface area contributed by atoms with Crippen LogP contribution in [0.15, 0.2) is 36.7 Å². The van der Waals surface area contributed by atoms with Crippen LogP contribution in [-0.4, -0.2) is 32.3 Å². The van der Waals surface area contributed by atoms with Gasteiger partial charge in [0.25, 0.3) is 5.91 Å². The van der Waals surface area contributed by atoms with Gasteiger partial charge in [0.2, 0.25) is 0 Å². The van der Waals surface area contributed by atoms with Crippen LogP contribution in [0.5, 0.6) is 0 Å². The number of aromatic nitrogens is 3. The topological polar surface area (TPSA) is 61.9 Å². The number of amides is 1. The number of H-pyrrole nitrogens is 1. The summed E-state index contributed by atoms with van der Waals surface area (Å²) in [5, 5.41) is 1.06. The Balaban J connectivity index is 1.70. The lowest BCUT2D eigenvalue weighted by Gasteiger charge is -2.26. The highest BCUT2D eigenvalue weighted by Gasteiger charge is 2.25. The average Bonchev–Trinajstić information content (AvgIpc) is 3.01. The molecule has 5 nitrogen and oxygen atoms in total. The van der Waals surface area contributed by atoms with E-state index < -0.39 is 0 Å².